The molecule has 1 aromatic carbocycles. The third-order valence-electron chi connectivity index (χ3n) is 2.50. The van der Waals surface area contributed by atoms with Gasteiger partial charge in [-0.05, 0) is 18.6 Å². The molecule has 0 radical (unpaired) electrons. The highest BCUT2D eigenvalue weighted by atomic mass is 32.2. The van der Waals surface area contributed by atoms with Crippen LogP contribution in [0, 0.1) is 6.92 Å². The second-order valence-electron chi connectivity index (χ2n) is 4.02. The molecule has 0 fully saturated rings. The van der Waals surface area contributed by atoms with Crippen LogP contribution in [0.25, 0.3) is 0 Å². The highest BCUT2D eigenvalue weighted by Gasteiger charge is 2.19. The quantitative estimate of drug-likeness (QED) is 0.651. The van der Waals surface area contributed by atoms with Crippen LogP contribution in [0.1, 0.15) is 12.0 Å². The van der Waals surface area contributed by atoms with Gasteiger partial charge in [0, 0.05) is 17.9 Å². The van der Waals surface area contributed by atoms with Crippen LogP contribution in [0.3, 0.4) is 0 Å². The topological polar surface area (TPSA) is 86.6 Å². The van der Waals surface area contributed by atoms with E-state index in [1.165, 1.54) is 11.8 Å². The number of thioether (sulfide) groups is 1. The molecule has 0 aliphatic rings. The zero-order chi connectivity index (χ0) is 14.3. The van der Waals surface area contributed by atoms with Gasteiger partial charge in [0.05, 0.1) is 5.75 Å². The summed E-state index contributed by atoms with van der Waals surface area (Å²) in [4.78, 5) is 23.5. The Labute approximate surface area is 116 Å². The number of nitrogens with one attached hydrogen (secondary N) is 1. The summed E-state index contributed by atoms with van der Waals surface area (Å²) in [6, 6.07) is 6.64. The van der Waals surface area contributed by atoms with Crippen LogP contribution < -0.4 is 5.32 Å². The number of rotatable bonds is 7. The van der Waals surface area contributed by atoms with E-state index >= 15 is 0 Å². The van der Waals surface area contributed by atoms with Crippen LogP contribution in [0.5, 0.6) is 0 Å². The van der Waals surface area contributed by atoms with Crippen molar-refractivity contribution in [2.75, 3.05) is 12.4 Å². The average molecular weight is 283 g/mol. The normalized spacial score (nSPS) is 11.9. The summed E-state index contributed by atoms with van der Waals surface area (Å²) in [5.74, 6) is -1.34. The van der Waals surface area contributed by atoms with Gasteiger partial charge in [-0.25, -0.2) is 4.79 Å². The number of aliphatic carboxylic acids is 1. The third kappa shape index (κ3) is 5.32. The molecule has 1 rings (SSSR count). The summed E-state index contributed by atoms with van der Waals surface area (Å²) >= 11 is 1.36. The van der Waals surface area contributed by atoms with E-state index in [-0.39, 0.29) is 24.7 Å². The number of aliphatic hydroxyl groups excluding tert-OH is 1. The Morgan fingerprint density at radius 3 is 2.63 bits per heavy atom. The average Bonchev–Trinajstić information content (AvgIpc) is 2.37. The molecule has 6 heteroatoms. The minimum atomic E-state index is -1.14. The van der Waals surface area contributed by atoms with Crippen LogP contribution in [-0.4, -0.2) is 40.5 Å². The Kier molecular flexibility index (Phi) is 6.38. The summed E-state index contributed by atoms with van der Waals surface area (Å²) in [6.07, 6.45) is 0.0100. The van der Waals surface area contributed by atoms with E-state index in [9.17, 15) is 9.59 Å². The number of carbonyl (C=O) groups is 2. The predicted octanol–water partition coefficient (Wildman–Crippen LogP) is 1.04. The SMILES string of the molecule is Cc1ccccc1SCC(=O)N[C@@H](CCO)C(=O)O. The summed E-state index contributed by atoms with van der Waals surface area (Å²) in [7, 11) is 0. The van der Waals surface area contributed by atoms with Gasteiger partial charge in [0.25, 0.3) is 0 Å². The molecule has 0 saturated carbocycles. The number of carboxylic acid groups (broad SMARTS) is 1. The molecule has 0 aliphatic heterocycles. The van der Waals surface area contributed by atoms with E-state index < -0.39 is 12.0 Å². The Balaban J connectivity index is 2.47. The fourth-order valence-electron chi connectivity index (χ4n) is 1.48. The van der Waals surface area contributed by atoms with Crippen LogP contribution >= 0.6 is 11.8 Å². The number of amides is 1. The lowest BCUT2D eigenvalue weighted by molar-refractivity contribution is -0.141. The number of benzene rings is 1. The van der Waals surface area contributed by atoms with Crippen molar-refractivity contribution in [3.8, 4) is 0 Å². The number of carboxylic acids is 1. The van der Waals surface area contributed by atoms with Gasteiger partial charge in [0.1, 0.15) is 6.04 Å². The van der Waals surface area contributed by atoms with Crippen molar-refractivity contribution < 1.29 is 19.8 Å². The second kappa shape index (κ2) is 7.81. The molecule has 0 bridgehead atoms. The van der Waals surface area contributed by atoms with Gasteiger partial charge < -0.3 is 15.5 Å². The van der Waals surface area contributed by atoms with E-state index in [1.807, 2.05) is 31.2 Å². The lowest BCUT2D eigenvalue weighted by Gasteiger charge is -2.13. The van der Waals surface area contributed by atoms with Gasteiger partial charge in [-0.2, -0.15) is 0 Å². The molecule has 1 aromatic rings. The van der Waals surface area contributed by atoms with Gasteiger partial charge in [-0.15, -0.1) is 11.8 Å². The van der Waals surface area contributed by atoms with Crippen molar-refractivity contribution >= 4 is 23.6 Å². The Morgan fingerprint density at radius 2 is 2.05 bits per heavy atom. The summed E-state index contributed by atoms with van der Waals surface area (Å²) in [5.41, 5.74) is 1.07. The molecular weight excluding hydrogens is 266 g/mol. The fraction of sp³-hybridized carbons (Fsp3) is 0.385. The first-order valence-electron chi connectivity index (χ1n) is 5.86. The largest absolute Gasteiger partial charge is 0.480 e. The molecule has 0 saturated heterocycles. The van der Waals surface area contributed by atoms with E-state index in [1.54, 1.807) is 0 Å². The van der Waals surface area contributed by atoms with E-state index in [0.29, 0.717) is 0 Å². The lowest BCUT2D eigenvalue weighted by atomic mass is 10.2. The maximum atomic E-state index is 11.6. The molecule has 0 aromatic heterocycles. The lowest BCUT2D eigenvalue weighted by Crippen LogP contribution is -2.42. The molecule has 5 nitrogen and oxygen atoms in total. The fourth-order valence-corrected chi connectivity index (χ4v) is 2.32. The van der Waals surface area contributed by atoms with Crippen molar-refractivity contribution in [1.82, 2.24) is 5.32 Å². The molecule has 3 N–H and O–H groups in total. The summed E-state index contributed by atoms with van der Waals surface area (Å²) in [5, 5.41) is 20.0. The maximum Gasteiger partial charge on any atom is 0.326 e. The summed E-state index contributed by atoms with van der Waals surface area (Å²) in [6.45, 7) is 1.67. The highest BCUT2D eigenvalue weighted by molar-refractivity contribution is 8.00. The highest BCUT2D eigenvalue weighted by Crippen LogP contribution is 2.21. The van der Waals surface area contributed by atoms with Gasteiger partial charge in [-0.3, -0.25) is 4.79 Å². The van der Waals surface area contributed by atoms with Crippen LogP contribution in [0.2, 0.25) is 0 Å². The summed E-state index contributed by atoms with van der Waals surface area (Å²) < 4.78 is 0. The smallest absolute Gasteiger partial charge is 0.326 e. The standard InChI is InChI=1S/C13H17NO4S/c1-9-4-2-3-5-11(9)19-8-12(16)14-10(6-7-15)13(17)18/h2-5,10,15H,6-8H2,1H3,(H,14,16)(H,17,18)/t10-/m0/s1. The van der Waals surface area contributed by atoms with Crippen LogP contribution in [0.4, 0.5) is 0 Å². The van der Waals surface area contributed by atoms with Gasteiger partial charge in [0.15, 0.2) is 0 Å². The predicted molar refractivity (Wildman–Crippen MR) is 73.2 cm³/mol. The molecular formula is C13H17NO4S. The minimum Gasteiger partial charge on any atom is -0.480 e. The number of carbonyl (C=O) groups excluding carboxylic acids is 1. The van der Waals surface area contributed by atoms with Crippen molar-refractivity contribution in [3.63, 3.8) is 0 Å². The van der Waals surface area contributed by atoms with Crippen molar-refractivity contribution in [3.05, 3.63) is 29.8 Å². The maximum absolute atomic E-state index is 11.6. The first-order chi connectivity index (χ1) is 9.04. The van der Waals surface area contributed by atoms with E-state index in [2.05, 4.69) is 5.32 Å². The van der Waals surface area contributed by atoms with Crippen LogP contribution in [-0.2, 0) is 9.59 Å². The van der Waals surface area contributed by atoms with E-state index in [4.69, 9.17) is 10.2 Å². The molecule has 0 aliphatic carbocycles. The number of aryl methyl sites for hydroxylation is 1. The Bertz CT molecular complexity index is 450. The Hall–Kier alpha value is -1.53. The first-order valence-corrected chi connectivity index (χ1v) is 6.84. The molecule has 19 heavy (non-hydrogen) atoms. The van der Waals surface area contributed by atoms with Gasteiger partial charge in [0.2, 0.25) is 5.91 Å². The molecule has 1 atom stereocenters. The first kappa shape index (κ1) is 15.5. The molecule has 1 amide bonds. The van der Waals surface area contributed by atoms with Crippen molar-refractivity contribution in [1.29, 1.82) is 0 Å². The van der Waals surface area contributed by atoms with Gasteiger partial charge >= 0.3 is 5.97 Å². The third-order valence-corrected chi connectivity index (χ3v) is 3.68. The van der Waals surface area contributed by atoms with E-state index in [0.717, 1.165) is 10.5 Å². The monoisotopic (exact) mass is 283 g/mol. The van der Waals surface area contributed by atoms with Crippen LogP contribution in [0.15, 0.2) is 29.2 Å². The molecule has 0 heterocycles. The molecule has 0 unspecified atom stereocenters. The van der Waals surface area contributed by atoms with Crippen molar-refractivity contribution in [2.45, 2.75) is 24.3 Å². The molecule has 104 valence electrons. The second-order valence-corrected chi connectivity index (χ2v) is 5.04. The Morgan fingerprint density at radius 1 is 1.37 bits per heavy atom. The van der Waals surface area contributed by atoms with Crippen molar-refractivity contribution in [2.24, 2.45) is 0 Å². The van der Waals surface area contributed by atoms with Gasteiger partial charge in [-0.1, -0.05) is 18.2 Å². The minimum absolute atomic E-state index is 0.0100. The number of hydrogen-bond donors (Lipinski definition) is 3. The molecule has 0 spiro atoms. The number of aliphatic hydroxyl groups is 1. The zero-order valence-corrected chi connectivity index (χ0v) is 11.4. The zero-order valence-electron chi connectivity index (χ0n) is 10.6. The number of hydrogen-bond acceptors (Lipinski definition) is 4.